The summed E-state index contributed by atoms with van der Waals surface area (Å²) in [4.78, 5) is 9.80. The Bertz CT molecular complexity index is 2040. The number of aryl methyl sites for hydroxylation is 2. The standard InChI is InChI=1S/C36H27N3O/c1-23-19-24(2)36(40)30(20-23)31-12-8-14-35(38-31)39-33-13-7-6-11-28(33)29-16-15-27(22-34(29)39)32-21-26(17-18-37-32)25-9-4-3-5-10-25/h3-22,40H,1-2H3. The first-order valence-corrected chi connectivity index (χ1v) is 13.4. The average Bonchev–Trinajstić information content (AvgIpc) is 3.33. The first-order chi connectivity index (χ1) is 19.6. The van der Waals surface area contributed by atoms with Gasteiger partial charge in [-0.3, -0.25) is 9.55 Å². The molecule has 0 amide bonds. The van der Waals surface area contributed by atoms with Crippen LogP contribution in [0.25, 0.3) is 61.3 Å². The first kappa shape index (κ1) is 23.9. The zero-order valence-corrected chi connectivity index (χ0v) is 22.3. The molecule has 4 heteroatoms. The molecule has 0 unspecified atom stereocenters. The summed E-state index contributed by atoms with van der Waals surface area (Å²) >= 11 is 0. The minimum absolute atomic E-state index is 0.268. The SMILES string of the molecule is Cc1cc(C)c(O)c(-c2cccc(-n3c4ccccc4c4ccc(-c5cc(-c6ccccc6)ccn5)cc43)n2)c1. The van der Waals surface area contributed by atoms with Crippen molar-refractivity contribution in [3.05, 3.63) is 133 Å². The molecule has 7 rings (SSSR count). The maximum Gasteiger partial charge on any atom is 0.138 e. The van der Waals surface area contributed by atoms with Gasteiger partial charge in [-0.1, -0.05) is 72.8 Å². The number of aromatic hydroxyl groups is 1. The Labute approximate surface area is 232 Å². The number of nitrogens with zero attached hydrogens (tertiary/aromatic N) is 3. The van der Waals surface area contributed by atoms with Gasteiger partial charge in [0.25, 0.3) is 0 Å². The number of benzene rings is 4. The van der Waals surface area contributed by atoms with Crippen molar-refractivity contribution in [1.29, 1.82) is 0 Å². The predicted molar refractivity (Wildman–Crippen MR) is 164 cm³/mol. The maximum absolute atomic E-state index is 10.9. The number of phenolic OH excluding ortho intramolecular Hbond substituents is 1. The summed E-state index contributed by atoms with van der Waals surface area (Å²) in [5, 5.41) is 13.2. The van der Waals surface area contributed by atoms with Gasteiger partial charge in [-0.05, 0) is 78.6 Å². The van der Waals surface area contributed by atoms with Crippen LogP contribution in [0.5, 0.6) is 5.75 Å². The molecule has 4 aromatic carbocycles. The zero-order chi connectivity index (χ0) is 27.2. The van der Waals surface area contributed by atoms with Gasteiger partial charge in [-0.15, -0.1) is 0 Å². The Morgan fingerprint density at radius 2 is 1.40 bits per heavy atom. The number of aromatic nitrogens is 3. The van der Waals surface area contributed by atoms with Crippen molar-refractivity contribution < 1.29 is 5.11 Å². The minimum atomic E-state index is 0.268. The average molecular weight is 518 g/mol. The second-order valence-corrected chi connectivity index (χ2v) is 10.2. The molecule has 3 aromatic heterocycles. The number of rotatable bonds is 4. The first-order valence-electron chi connectivity index (χ1n) is 13.4. The van der Waals surface area contributed by atoms with Crippen LogP contribution in [0, 0.1) is 13.8 Å². The number of hydrogen-bond acceptors (Lipinski definition) is 3. The third kappa shape index (κ3) is 4.02. The molecule has 0 atom stereocenters. The summed E-state index contributed by atoms with van der Waals surface area (Å²) in [5.41, 5.74) is 9.79. The van der Waals surface area contributed by atoms with E-state index in [1.54, 1.807) is 0 Å². The lowest BCUT2D eigenvalue weighted by Gasteiger charge is -2.12. The maximum atomic E-state index is 10.9. The highest BCUT2D eigenvalue weighted by Gasteiger charge is 2.16. The molecule has 7 aromatic rings. The Morgan fingerprint density at radius 1 is 0.600 bits per heavy atom. The highest BCUT2D eigenvalue weighted by atomic mass is 16.3. The van der Waals surface area contributed by atoms with Gasteiger partial charge in [0.2, 0.25) is 0 Å². The fraction of sp³-hybridized carbons (Fsp3) is 0.0556. The minimum Gasteiger partial charge on any atom is -0.507 e. The van der Waals surface area contributed by atoms with E-state index in [1.807, 2.05) is 62.5 Å². The Hall–Kier alpha value is -5.22. The fourth-order valence-corrected chi connectivity index (χ4v) is 5.63. The highest BCUT2D eigenvalue weighted by Crippen LogP contribution is 2.36. The summed E-state index contributed by atoms with van der Waals surface area (Å²) < 4.78 is 2.21. The van der Waals surface area contributed by atoms with E-state index in [9.17, 15) is 5.11 Å². The summed E-state index contributed by atoms with van der Waals surface area (Å²) in [6, 6.07) is 39.5. The number of phenols is 1. The molecule has 192 valence electrons. The molecule has 4 nitrogen and oxygen atoms in total. The van der Waals surface area contributed by atoms with Crippen molar-refractivity contribution >= 4 is 21.8 Å². The molecule has 40 heavy (non-hydrogen) atoms. The van der Waals surface area contributed by atoms with Gasteiger partial charge in [0, 0.05) is 28.1 Å². The van der Waals surface area contributed by atoms with Crippen LogP contribution in [0.1, 0.15) is 11.1 Å². The molecule has 0 aliphatic heterocycles. The van der Waals surface area contributed by atoms with E-state index in [-0.39, 0.29) is 5.75 Å². The topological polar surface area (TPSA) is 50.9 Å². The number of fused-ring (bicyclic) bond motifs is 3. The van der Waals surface area contributed by atoms with Crippen molar-refractivity contribution in [3.63, 3.8) is 0 Å². The van der Waals surface area contributed by atoms with Gasteiger partial charge in [-0.25, -0.2) is 4.98 Å². The third-order valence-corrected chi connectivity index (χ3v) is 7.52. The van der Waals surface area contributed by atoms with Crippen LogP contribution in [0.4, 0.5) is 0 Å². The van der Waals surface area contributed by atoms with Gasteiger partial charge in [0.1, 0.15) is 11.6 Å². The monoisotopic (exact) mass is 517 g/mol. The quantitative estimate of drug-likeness (QED) is 0.254. The molecule has 0 saturated carbocycles. The van der Waals surface area contributed by atoms with E-state index in [2.05, 4.69) is 77.4 Å². The molecule has 0 spiro atoms. The second-order valence-electron chi connectivity index (χ2n) is 10.2. The molecule has 0 aliphatic carbocycles. The molecule has 1 N–H and O–H groups in total. The molecule has 0 bridgehead atoms. The van der Waals surface area contributed by atoms with E-state index in [0.717, 1.165) is 72.4 Å². The fourth-order valence-electron chi connectivity index (χ4n) is 5.63. The Morgan fingerprint density at radius 3 is 2.27 bits per heavy atom. The lowest BCUT2D eigenvalue weighted by Crippen LogP contribution is -1.99. The number of pyridine rings is 2. The van der Waals surface area contributed by atoms with E-state index in [1.165, 1.54) is 0 Å². The van der Waals surface area contributed by atoms with Gasteiger partial charge in [-0.2, -0.15) is 0 Å². The Balaban J connectivity index is 1.43. The van der Waals surface area contributed by atoms with Crippen molar-refractivity contribution in [2.24, 2.45) is 0 Å². The molecule has 0 radical (unpaired) electrons. The highest BCUT2D eigenvalue weighted by molar-refractivity contribution is 6.10. The smallest absolute Gasteiger partial charge is 0.138 e. The van der Waals surface area contributed by atoms with E-state index >= 15 is 0 Å². The van der Waals surface area contributed by atoms with Crippen LogP contribution in [-0.4, -0.2) is 19.6 Å². The lowest BCUT2D eigenvalue weighted by atomic mass is 10.0. The van der Waals surface area contributed by atoms with E-state index in [4.69, 9.17) is 9.97 Å². The molecule has 0 fully saturated rings. The molecule has 0 aliphatic rings. The zero-order valence-electron chi connectivity index (χ0n) is 22.3. The van der Waals surface area contributed by atoms with E-state index < -0.39 is 0 Å². The van der Waals surface area contributed by atoms with Crippen molar-refractivity contribution in [2.75, 3.05) is 0 Å². The largest absolute Gasteiger partial charge is 0.507 e. The van der Waals surface area contributed by atoms with Crippen molar-refractivity contribution in [2.45, 2.75) is 13.8 Å². The van der Waals surface area contributed by atoms with Crippen LogP contribution < -0.4 is 0 Å². The number of para-hydroxylation sites is 1. The van der Waals surface area contributed by atoms with Crippen LogP contribution in [0.15, 0.2) is 121 Å². The van der Waals surface area contributed by atoms with Crippen LogP contribution in [-0.2, 0) is 0 Å². The van der Waals surface area contributed by atoms with Crippen molar-refractivity contribution in [1.82, 2.24) is 14.5 Å². The summed E-state index contributed by atoms with van der Waals surface area (Å²) in [6.45, 7) is 3.96. The summed E-state index contributed by atoms with van der Waals surface area (Å²) in [5.74, 6) is 1.06. The van der Waals surface area contributed by atoms with Gasteiger partial charge < -0.3 is 5.11 Å². The molecular formula is C36H27N3O. The van der Waals surface area contributed by atoms with Crippen molar-refractivity contribution in [3.8, 4) is 45.2 Å². The van der Waals surface area contributed by atoms with Gasteiger partial charge >= 0.3 is 0 Å². The Kier molecular flexibility index (Phi) is 5.67. The summed E-state index contributed by atoms with van der Waals surface area (Å²) in [6.07, 6.45) is 1.87. The normalized spacial score (nSPS) is 11.3. The predicted octanol–water partition coefficient (Wildman–Crippen LogP) is 8.90. The second kappa shape index (κ2) is 9.51. The number of hydrogen-bond donors (Lipinski definition) is 1. The van der Waals surface area contributed by atoms with Crippen LogP contribution in [0.2, 0.25) is 0 Å². The van der Waals surface area contributed by atoms with Gasteiger partial charge in [0.05, 0.1) is 22.4 Å². The molecule has 3 heterocycles. The van der Waals surface area contributed by atoms with Gasteiger partial charge in [0.15, 0.2) is 0 Å². The molecule has 0 saturated heterocycles. The van der Waals surface area contributed by atoms with E-state index in [0.29, 0.717) is 0 Å². The lowest BCUT2D eigenvalue weighted by molar-refractivity contribution is 0.473. The molecular weight excluding hydrogens is 490 g/mol. The van der Waals surface area contributed by atoms with Crippen LogP contribution in [0.3, 0.4) is 0 Å². The third-order valence-electron chi connectivity index (χ3n) is 7.52. The van der Waals surface area contributed by atoms with Crippen LogP contribution >= 0.6 is 0 Å². The summed E-state index contributed by atoms with van der Waals surface area (Å²) in [7, 11) is 0.